The van der Waals surface area contributed by atoms with Crippen molar-refractivity contribution in [1.29, 1.82) is 0 Å². The lowest BCUT2D eigenvalue weighted by atomic mass is 9.79. The SMILES string of the molecule is FC1(F)CCC2(CC1)CNCCN2. The summed E-state index contributed by atoms with van der Waals surface area (Å²) in [5.74, 6) is -2.41. The average molecular weight is 190 g/mol. The van der Waals surface area contributed by atoms with Crippen molar-refractivity contribution in [3.05, 3.63) is 0 Å². The molecule has 13 heavy (non-hydrogen) atoms. The Labute approximate surface area is 77.1 Å². The Bertz CT molecular complexity index is 176. The molecule has 1 heterocycles. The van der Waals surface area contributed by atoms with Crippen LogP contribution in [0.25, 0.3) is 0 Å². The first-order valence-electron chi connectivity index (χ1n) is 4.96. The van der Waals surface area contributed by atoms with Gasteiger partial charge in [-0.3, -0.25) is 0 Å². The van der Waals surface area contributed by atoms with Crippen molar-refractivity contribution < 1.29 is 8.78 Å². The monoisotopic (exact) mass is 190 g/mol. The van der Waals surface area contributed by atoms with Crippen LogP contribution in [0.5, 0.6) is 0 Å². The normalized spacial score (nSPS) is 31.8. The molecule has 2 rings (SSSR count). The molecule has 0 aromatic rings. The van der Waals surface area contributed by atoms with Crippen molar-refractivity contribution in [3.63, 3.8) is 0 Å². The number of halogens is 2. The third kappa shape index (κ3) is 1.99. The summed E-state index contributed by atoms with van der Waals surface area (Å²) in [6.45, 7) is 2.72. The number of hydrogen-bond acceptors (Lipinski definition) is 2. The smallest absolute Gasteiger partial charge is 0.248 e. The van der Waals surface area contributed by atoms with E-state index >= 15 is 0 Å². The fraction of sp³-hybridized carbons (Fsp3) is 1.00. The van der Waals surface area contributed by atoms with Crippen LogP contribution in [0.3, 0.4) is 0 Å². The predicted molar refractivity (Wildman–Crippen MR) is 47.0 cm³/mol. The van der Waals surface area contributed by atoms with Crippen molar-refractivity contribution in [2.24, 2.45) is 0 Å². The van der Waals surface area contributed by atoms with Gasteiger partial charge in [0.2, 0.25) is 5.92 Å². The highest BCUT2D eigenvalue weighted by molar-refractivity contribution is 4.98. The van der Waals surface area contributed by atoms with Crippen LogP contribution in [-0.2, 0) is 0 Å². The van der Waals surface area contributed by atoms with Crippen LogP contribution >= 0.6 is 0 Å². The van der Waals surface area contributed by atoms with Gasteiger partial charge in [-0.25, -0.2) is 8.78 Å². The quantitative estimate of drug-likeness (QED) is 0.598. The summed E-state index contributed by atoms with van der Waals surface area (Å²) in [6, 6.07) is 0. The minimum absolute atomic E-state index is 0.0278. The van der Waals surface area contributed by atoms with Crippen molar-refractivity contribution in [2.45, 2.75) is 37.1 Å². The fourth-order valence-corrected chi connectivity index (χ4v) is 2.25. The van der Waals surface area contributed by atoms with E-state index in [0.717, 1.165) is 19.6 Å². The molecule has 1 spiro atoms. The van der Waals surface area contributed by atoms with E-state index in [4.69, 9.17) is 0 Å². The Morgan fingerprint density at radius 2 is 1.62 bits per heavy atom. The Kier molecular flexibility index (Phi) is 2.28. The van der Waals surface area contributed by atoms with Crippen LogP contribution in [0, 0.1) is 0 Å². The maximum Gasteiger partial charge on any atom is 0.248 e. The summed E-state index contributed by atoms with van der Waals surface area (Å²) in [4.78, 5) is 0. The van der Waals surface area contributed by atoms with Crippen LogP contribution in [0.15, 0.2) is 0 Å². The standard InChI is InChI=1S/C9H16F2N2/c10-9(11)3-1-8(2-4-9)7-12-5-6-13-8/h12-13H,1-7H2. The van der Waals surface area contributed by atoms with Gasteiger partial charge in [0.05, 0.1) is 0 Å². The first-order chi connectivity index (χ1) is 6.12. The van der Waals surface area contributed by atoms with Crippen LogP contribution in [0.1, 0.15) is 25.7 Å². The van der Waals surface area contributed by atoms with E-state index in [1.54, 1.807) is 0 Å². The van der Waals surface area contributed by atoms with E-state index in [1.807, 2.05) is 0 Å². The zero-order valence-electron chi connectivity index (χ0n) is 7.71. The maximum absolute atomic E-state index is 12.9. The molecule has 0 amide bonds. The van der Waals surface area contributed by atoms with Crippen LogP contribution < -0.4 is 10.6 Å². The Hall–Kier alpha value is -0.220. The van der Waals surface area contributed by atoms with Crippen LogP contribution in [-0.4, -0.2) is 31.1 Å². The zero-order chi connectivity index (χ0) is 9.36. The van der Waals surface area contributed by atoms with Gasteiger partial charge in [-0.2, -0.15) is 0 Å². The molecule has 0 aromatic carbocycles. The van der Waals surface area contributed by atoms with E-state index in [1.165, 1.54) is 0 Å². The van der Waals surface area contributed by atoms with Gasteiger partial charge >= 0.3 is 0 Å². The van der Waals surface area contributed by atoms with Crippen molar-refractivity contribution >= 4 is 0 Å². The van der Waals surface area contributed by atoms with Gasteiger partial charge in [-0.15, -0.1) is 0 Å². The van der Waals surface area contributed by atoms with Crippen molar-refractivity contribution in [2.75, 3.05) is 19.6 Å². The lowest BCUT2D eigenvalue weighted by Crippen LogP contribution is -2.61. The highest BCUT2D eigenvalue weighted by atomic mass is 19.3. The summed E-state index contributed by atoms with van der Waals surface area (Å²) in [5.41, 5.74) is -0.0278. The second-order valence-corrected chi connectivity index (χ2v) is 4.24. The van der Waals surface area contributed by atoms with E-state index in [-0.39, 0.29) is 18.4 Å². The van der Waals surface area contributed by atoms with Gasteiger partial charge in [0, 0.05) is 38.0 Å². The number of piperazine rings is 1. The van der Waals surface area contributed by atoms with Crippen molar-refractivity contribution in [1.82, 2.24) is 10.6 Å². The molecule has 0 unspecified atom stereocenters. The molecule has 2 fully saturated rings. The minimum Gasteiger partial charge on any atom is -0.314 e. The maximum atomic E-state index is 12.9. The Morgan fingerprint density at radius 3 is 2.15 bits per heavy atom. The number of rotatable bonds is 0. The Balaban J connectivity index is 1.95. The van der Waals surface area contributed by atoms with Crippen molar-refractivity contribution in [3.8, 4) is 0 Å². The third-order valence-electron chi connectivity index (χ3n) is 3.20. The molecule has 1 aliphatic carbocycles. The van der Waals surface area contributed by atoms with E-state index in [2.05, 4.69) is 10.6 Å². The number of nitrogens with one attached hydrogen (secondary N) is 2. The number of hydrogen-bond donors (Lipinski definition) is 2. The molecule has 4 heteroatoms. The van der Waals surface area contributed by atoms with Gasteiger partial charge < -0.3 is 10.6 Å². The average Bonchev–Trinajstić information content (AvgIpc) is 2.13. The summed E-state index contributed by atoms with van der Waals surface area (Å²) >= 11 is 0. The molecular weight excluding hydrogens is 174 g/mol. The van der Waals surface area contributed by atoms with E-state index < -0.39 is 5.92 Å². The lowest BCUT2D eigenvalue weighted by Gasteiger charge is -2.43. The molecule has 1 saturated heterocycles. The summed E-state index contributed by atoms with van der Waals surface area (Å²) in [5, 5.41) is 6.64. The summed E-state index contributed by atoms with van der Waals surface area (Å²) in [6.07, 6.45) is 1.30. The number of alkyl halides is 2. The van der Waals surface area contributed by atoms with Gasteiger partial charge in [-0.05, 0) is 12.8 Å². The first-order valence-corrected chi connectivity index (χ1v) is 4.96. The molecule has 2 nitrogen and oxygen atoms in total. The minimum atomic E-state index is -2.41. The zero-order valence-corrected chi connectivity index (χ0v) is 7.71. The second-order valence-electron chi connectivity index (χ2n) is 4.24. The molecule has 76 valence electrons. The molecule has 0 aromatic heterocycles. The molecule has 1 saturated carbocycles. The summed E-state index contributed by atoms with van der Waals surface area (Å²) < 4.78 is 25.8. The molecule has 0 atom stereocenters. The predicted octanol–water partition coefficient (Wildman–Crippen LogP) is 1.13. The first kappa shape index (κ1) is 9.34. The van der Waals surface area contributed by atoms with Crippen LogP contribution in [0.2, 0.25) is 0 Å². The molecule has 2 aliphatic rings. The van der Waals surface area contributed by atoms with Crippen LogP contribution in [0.4, 0.5) is 8.78 Å². The lowest BCUT2D eigenvalue weighted by molar-refractivity contribution is -0.0574. The van der Waals surface area contributed by atoms with Gasteiger partial charge in [-0.1, -0.05) is 0 Å². The fourth-order valence-electron chi connectivity index (χ4n) is 2.25. The van der Waals surface area contributed by atoms with Gasteiger partial charge in [0.1, 0.15) is 0 Å². The Morgan fingerprint density at radius 1 is 0.923 bits per heavy atom. The highest BCUT2D eigenvalue weighted by Gasteiger charge is 2.43. The molecular formula is C9H16F2N2. The summed E-state index contributed by atoms with van der Waals surface area (Å²) in [7, 11) is 0. The third-order valence-corrected chi connectivity index (χ3v) is 3.20. The molecule has 1 aliphatic heterocycles. The highest BCUT2D eigenvalue weighted by Crippen LogP contribution is 2.38. The van der Waals surface area contributed by atoms with E-state index in [0.29, 0.717) is 12.8 Å². The van der Waals surface area contributed by atoms with E-state index in [9.17, 15) is 8.78 Å². The largest absolute Gasteiger partial charge is 0.314 e. The molecule has 2 N–H and O–H groups in total. The van der Waals surface area contributed by atoms with Gasteiger partial charge in [0.25, 0.3) is 0 Å². The van der Waals surface area contributed by atoms with Gasteiger partial charge in [0.15, 0.2) is 0 Å². The molecule has 0 radical (unpaired) electrons. The second kappa shape index (κ2) is 3.17. The molecule has 0 bridgehead atoms. The topological polar surface area (TPSA) is 24.1 Å².